The number of rotatable bonds is 5. The van der Waals surface area contributed by atoms with Crippen LogP contribution in [0.2, 0.25) is 0 Å². The van der Waals surface area contributed by atoms with Gasteiger partial charge in [-0.3, -0.25) is 14.1 Å². The topological polar surface area (TPSA) is 121 Å². The van der Waals surface area contributed by atoms with Gasteiger partial charge in [0, 0.05) is 0 Å². The zero-order valence-electron chi connectivity index (χ0n) is 5.78. The van der Waals surface area contributed by atoms with Crippen molar-refractivity contribution in [2.45, 2.75) is 6.10 Å². The van der Waals surface area contributed by atoms with Crippen LogP contribution in [0.1, 0.15) is 0 Å². The normalized spacial score (nSPS) is 13.9. The number of aliphatic hydroxyl groups excluding tert-OH is 1. The van der Waals surface area contributed by atoms with E-state index < -0.39 is 26.3 Å². The maximum atomic E-state index is 10.5. The van der Waals surface area contributed by atoms with Crippen molar-refractivity contribution in [3.63, 3.8) is 0 Å². The molecular weight excluding hydrogens is 191 g/mol. The number of phosphoric acid groups is 1. The molecule has 7 nitrogen and oxygen atoms in total. The molecule has 0 aliphatic carbocycles. The minimum Gasteiger partial charge on any atom is -0.378 e. The predicted molar refractivity (Wildman–Crippen MR) is 35.1 cm³/mol. The molecule has 0 amide bonds. The van der Waals surface area contributed by atoms with Gasteiger partial charge in [0.25, 0.3) is 0 Å². The molecule has 70 valence electrons. The molecule has 0 unspecified atom stereocenters. The van der Waals surface area contributed by atoms with Crippen LogP contribution in [0, 0.1) is 0 Å². The summed E-state index contributed by atoms with van der Waals surface area (Å²) in [5.74, 6) is -1.10. The maximum absolute atomic E-state index is 10.5. The summed E-state index contributed by atoms with van der Waals surface area (Å²) >= 11 is 0. The van der Waals surface area contributed by atoms with Crippen molar-refractivity contribution in [2.75, 3.05) is 6.61 Å². The van der Waals surface area contributed by atoms with Gasteiger partial charge in [0.15, 0.2) is 18.2 Å². The van der Waals surface area contributed by atoms with Crippen molar-refractivity contribution in [1.82, 2.24) is 0 Å². The second-order valence-electron chi connectivity index (χ2n) is 1.81. The molecule has 0 aromatic heterocycles. The van der Waals surface area contributed by atoms with Crippen molar-refractivity contribution in [3.8, 4) is 0 Å². The average molecular weight is 198 g/mol. The number of ketones is 1. The van der Waals surface area contributed by atoms with E-state index in [1.54, 1.807) is 0 Å². The van der Waals surface area contributed by atoms with Crippen LogP contribution in [0.15, 0.2) is 0 Å². The molecule has 12 heavy (non-hydrogen) atoms. The number of carbonyl (C=O) groups is 2. The molecule has 0 heterocycles. The Balaban J connectivity index is 3.88. The Bertz CT molecular complexity index is 217. The highest BCUT2D eigenvalue weighted by Crippen LogP contribution is 2.35. The lowest BCUT2D eigenvalue weighted by atomic mass is 10.3. The number of hydrogen-bond acceptors (Lipinski definition) is 5. The lowest BCUT2D eigenvalue weighted by molar-refractivity contribution is -0.134. The van der Waals surface area contributed by atoms with Crippen LogP contribution in [-0.2, 0) is 18.7 Å². The zero-order chi connectivity index (χ0) is 9.78. The van der Waals surface area contributed by atoms with Crippen LogP contribution < -0.4 is 0 Å². The fraction of sp³-hybridized carbons (Fsp3) is 0.500. The van der Waals surface area contributed by atoms with Crippen LogP contribution in [0.5, 0.6) is 0 Å². The fourth-order valence-corrected chi connectivity index (χ4v) is 0.604. The van der Waals surface area contributed by atoms with Gasteiger partial charge in [0.1, 0.15) is 6.61 Å². The SMILES string of the molecule is O=C[C@@H](O)C(=O)COP(=O)(O)O. The number of aldehydes is 1. The Hall–Kier alpha value is -0.590. The van der Waals surface area contributed by atoms with Gasteiger partial charge in [0.2, 0.25) is 0 Å². The van der Waals surface area contributed by atoms with Crippen molar-refractivity contribution in [3.05, 3.63) is 0 Å². The third-order valence-electron chi connectivity index (χ3n) is 0.834. The molecule has 0 spiro atoms. The van der Waals surface area contributed by atoms with E-state index in [2.05, 4.69) is 4.52 Å². The van der Waals surface area contributed by atoms with Crippen LogP contribution >= 0.6 is 7.82 Å². The monoisotopic (exact) mass is 198 g/mol. The Morgan fingerprint density at radius 3 is 2.42 bits per heavy atom. The maximum Gasteiger partial charge on any atom is 0.470 e. The highest BCUT2D eigenvalue weighted by molar-refractivity contribution is 7.46. The van der Waals surface area contributed by atoms with Gasteiger partial charge >= 0.3 is 7.82 Å². The molecule has 0 aromatic rings. The summed E-state index contributed by atoms with van der Waals surface area (Å²) in [6.45, 7) is -0.996. The van der Waals surface area contributed by atoms with Gasteiger partial charge in [-0.15, -0.1) is 0 Å². The van der Waals surface area contributed by atoms with Crippen LogP contribution in [-0.4, -0.2) is 39.7 Å². The second-order valence-corrected chi connectivity index (χ2v) is 3.05. The minimum atomic E-state index is -4.72. The van der Waals surface area contributed by atoms with E-state index in [1.807, 2.05) is 0 Å². The predicted octanol–water partition coefficient (Wildman–Crippen LogP) is -1.78. The highest BCUT2D eigenvalue weighted by Gasteiger charge is 2.20. The fourth-order valence-electron chi connectivity index (χ4n) is 0.309. The zero-order valence-corrected chi connectivity index (χ0v) is 6.68. The molecule has 0 fully saturated rings. The Labute approximate surface area is 67.2 Å². The summed E-state index contributed by atoms with van der Waals surface area (Å²) in [6, 6.07) is 0. The van der Waals surface area contributed by atoms with Crippen LogP contribution in [0.25, 0.3) is 0 Å². The molecule has 0 rings (SSSR count). The van der Waals surface area contributed by atoms with E-state index in [4.69, 9.17) is 14.9 Å². The number of aliphatic hydroxyl groups is 1. The first-order valence-corrected chi connectivity index (χ1v) is 4.26. The highest BCUT2D eigenvalue weighted by atomic mass is 31.2. The number of Topliss-reactive ketones (excluding diaryl/α,β-unsaturated/α-hetero) is 1. The lowest BCUT2D eigenvalue weighted by Crippen LogP contribution is -2.25. The summed E-state index contributed by atoms with van der Waals surface area (Å²) < 4.78 is 13.7. The summed E-state index contributed by atoms with van der Waals surface area (Å²) in [5.41, 5.74) is 0. The van der Waals surface area contributed by atoms with E-state index in [0.29, 0.717) is 0 Å². The Morgan fingerprint density at radius 1 is 1.58 bits per heavy atom. The first-order chi connectivity index (χ1) is 5.37. The van der Waals surface area contributed by atoms with E-state index >= 15 is 0 Å². The molecule has 3 N–H and O–H groups in total. The Kier molecular flexibility index (Phi) is 4.22. The van der Waals surface area contributed by atoms with E-state index in [9.17, 15) is 14.2 Å². The summed E-state index contributed by atoms with van der Waals surface area (Å²) in [6.07, 6.45) is -1.96. The Morgan fingerprint density at radius 2 is 2.08 bits per heavy atom. The molecule has 0 saturated carbocycles. The number of hydrogen-bond donors (Lipinski definition) is 3. The molecule has 0 bridgehead atoms. The van der Waals surface area contributed by atoms with Gasteiger partial charge < -0.3 is 14.9 Å². The molecule has 8 heteroatoms. The van der Waals surface area contributed by atoms with E-state index in [0.717, 1.165) is 0 Å². The van der Waals surface area contributed by atoms with Gasteiger partial charge in [-0.2, -0.15) is 0 Å². The van der Waals surface area contributed by atoms with Gasteiger partial charge in [-0.05, 0) is 0 Å². The lowest BCUT2D eigenvalue weighted by Gasteiger charge is -2.04. The summed E-state index contributed by atoms with van der Waals surface area (Å²) in [4.78, 5) is 36.4. The third kappa shape index (κ3) is 5.11. The standard InChI is InChI=1S/C4H7O7P/c5-1-3(6)4(7)2-11-12(8,9)10/h1,3,6H,2H2,(H2,8,9,10)/t3-/m1/s1. The molecule has 0 aliphatic heterocycles. The average Bonchev–Trinajstić information content (AvgIpc) is 1.97. The molecular formula is C4H7O7P. The van der Waals surface area contributed by atoms with Crippen LogP contribution in [0.3, 0.4) is 0 Å². The van der Waals surface area contributed by atoms with Gasteiger partial charge in [-0.1, -0.05) is 0 Å². The molecule has 0 saturated heterocycles. The molecule has 0 aromatic carbocycles. The van der Waals surface area contributed by atoms with Crippen molar-refractivity contribution < 1.29 is 33.6 Å². The number of carbonyl (C=O) groups excluding carboxylic acids is 2. The van der Waals surface area contributed by atoms with Crippen molar-refractivity contribution in [2.24, 2.45) is 0 Å². The summed E-state index contributed by atoms with van der Waals surface area (Å²) in [7, 11) is -4.72. The third-order valence-corrected chi connectivity index (χ3v) is 1.30. The van der Waals surface area contributed by atoms with Crippen LogP contribution in [0.4, 0.5) is 0 Å². The summed E-state index contributed by atoms with van der Waals surface area (Å²) in [5, 5.41) is 8.47. The molecule has 0 radical (unpaired) electrons. The van der Waals surface area contributed by atoms with Gasteiger partial charge in [-0.25, -0.2) is 4.57 Å². The number of phosphoric ester groups is 1. The molecule has 1 atom stereocenters. The van der Waals surface area contributed by atoms with Gasteiger partial charge in [0.05, 0.1) is 0 Å². The van der Waals surface area contributed by atoms with Crippen molar-refractivity contribution in [1.29, 1.82) is 0 Å². The smallest absolute Gasteiger partial charge is 0.378 e. The molecule has 0 aliphatic rings. The van der Waals surface area contributed by atoms with E-state index in [-0.39, 0.29) is 6.29 Å². The van der Waals surface area contributed by atoms with E-state index in [1.165, 1.54) is 0 Å². The first-order valence-electron chi connectivity index (χ1n) is 2.73. The first kappa shape index (κ1) is 11.4. The second kappa shape index (κ2) is 4.44. The van der Waals surface area contributed by atoms with Crippen molar-refractivity contribution >= 4 is 19.9 Å². The largest absolute Gasteiger partial charge is 0.470 e. The quantitative estimate of drug-likeness (QED) is 0.271. The minimum absolute atomic E-state index is 0.0641.